The van der Waals surface area contributed by atoms with Gasteiger partial charge < -0.3 is 9.13 Å². The Balaban J connectivity index is 2.17. The van der Waals surface area contributed by atoms with E-state index in [9.17, 15) is 0 Å². The molecule has 0 saturated heterocycles. The summed E-state index contributed by atoms with van der Waals surface area (Å²) in [6, 6.07) is 17.3. The summed E-state index contributed by atoms with van der Waals surface area (Å²) in [7, 11) is 4.34. The third-order valence-electron chi connectivity index (χ3n) is 4.94. The average Bonchev–Trinajstić information content (AvgIpc) is 2.94. The standard InChI is InChI=1S/C20H20N2/c1-13-15-9-5-7-11-17(15)21(3)19(13)20-14(2)16-10-6-8-12-18(16)22(20)4/h5-12H,1-4H3. The molecule has 0 bridgehead atoms. The zero-order valence-corrected chi connectivity index (χ0v) is 13.5. The molecule has 2 aromatic heterocycles. The average molecular weight is 288 g/mol. The Bertz CT molecular complexity index is 853. The summed E-state index contributed by atoms with van der Waals surface area (Å²) in [6.07, 6.45) is 0. The van der Waals surface area contributed by atoms with Crippen molar-refractivity contribution < 1.29 is 0 Å². The number of hydrogen-bond donors (Lipinski definition) is 0. The second kappa shape index (κ2) is 4.51. The molecule has 0 fully saturated rings. The summed E-state index contributed by atoms with van der Waals surface area (Å²) in [5.41, 5.74) is 7.92. The van der Waals surface area contributed by atoms with Crippen molar-refractivity contribution in [2.75, 3.05) is 0 Å². The second-order valence-electron chi connectivity index (χ2n) is 6.10. The molecule has 4 rings (SSSR count). The molecule has 2 aromatic carbocycles. The van der Waals surface area contributed by atoms with Gasteiger partial charge in [-0.2, -0.15) is 0 Å². The molecule has 0 aliphatic heterocycles. The van der Waals surface area contributed by atoms with Crippen molar-refractivity contribution in [3.8, 4) is 11.4 Å². The minimum Gasteiger partial charge on any atom is -0.342 e. The summed E-state index contributed by atoms with van der Waals surface area (Å²) in [5, 5.41) is 2.68. The number of hydrogen-bond acceptors (Lipinski definition) is 0. The van der Waals surface area contributed by atoms with Crippen LogP contribution >= 0.6 is 0 Å². The monoisotopic (exact) mass is 288 g/mol. The van der Waals surface area contributed by atoms with E-state index in [1.54, 1.807) is 0 Å². The van der Waals surface area contributed by atoms with E-state index in [0.29, 0.717) is 0 Å². The van der Waals surface area contributed by atoms with Gasteiger partial charge in [-0.3, -0.25) is 0 Å². The molecule has 0 amide bonds. The molecular formula is C20H20N2. The van der Waals surface area contributed by atoms with E-state index in [1.165, 1.54) is 44.3 Å². The van der Waals surface area contributed by atoms with Gasteiger partial charge in [0.25, 0.3) is 0 Å². The third-order valence-corrected chi connectivity index (χ3v) is 4.94. The van der Waals surface area contributed by atoms with Crippen LogP contribution in [0.1, 0.15) is 11.1 Å². The quantitative estimate of drug-likeness (QED) is 0.469. The number of fused-ring (bicyclic) bond motifs is 2. The van der Waals surface area contributed by atoms with Crippen LogP contribution in [-0.2, 0) is 14.1 Å². The van der Waals surface area contributed by atoms with Crippen molar-refractivity contribution in [2.24, 2.45) is 14.1 Å². The number of rotatable bonds is 1. The van der Waals surface area contributed by atoms with E-state index in [-0.39, 0.29) is 0 Å². The van der Waals surface area contributed by atoms with Crippen molar-refractivity contribution in [3.05, 3.63) is 59.7 Å². The predicted octanol–water partition coefficient (Wildman–Crippen LogP) is 4.95. The van der Waals surface area contributed by atoms with Crippen LogP contribution in [0.5, 0.6) is 0 Å². The first-order valence-corrected chi connectivity index (χ1v) is 7.69. The molecule has 2 heterocycles. The highest BCUT2D eigenvalue weighted by Gasteiger charge is 2.20. The third kappa shape index (κ3) is 1.55. The molecular weight excluding hydrogens is 268 g/mol. The van der Waals surface area contributed by atoms with E-state index in [4.69, 9.17) is 0 Å². The number of aryl methyl sites for hydroxylation is 4. The van der Waals surface area contributed by atoms with Crippen LogP contribution < -0.4 is 0 Å². The summed E-state index contributed by atoms with van der Waals surface area (Å²) in [6.45, 7) is 4.46. The van der Waals surface area contributed by atoms with Gasteiger partial charge >= 0.3 is 0 Å². The smallest absolute Gasteiger partial charge is 0.0689 e. The lowest BCUT2D eigenvalue weighted by atomic mass is 10.1. The van der Waals surface area contributed by atoms with Gasteiger partial charge in [0.05, 0.1) is 11.4 Å². The molecule has 0 saturated carbocycles. The molecule has 0 N–H and O–H groups in total. The maximum Gasteiger partial charge on any atom is 0.0689 e. The van der Waals surface area contributed by atoms with Crippen LogP contribution in [0.25, 0.3) is 33.2 Å². The Morgan fingerprint density at radius 1 is 0.591 bits per heavy atom. The van der Waals surface area contributed by atoms with Gasteiger partial charge in [-0.15, -0.1) is 0 Å². The molecule has 2 nitrogen and oxygen atoms in total. The minimum atomic E-state index is 1.29. The van der Waals surface area contributed by atoms with E-state index in [1.807, 2.05) is 0 Å². The molecule has 0 atom stereocenters. The summed E-state index contributed by atoms with van der Waals surface area (Å²) in [4.78, 5) is 0. The fourth-order valence-corrected chi connectivity index (χ4v) is 3.84. The minimum absolute atomic E-state index is 1.29. The molecule has 22 heavy (non-hydrogen) atoms. The van der Waals surface area contributed by atoms with E-state index in [0.717, 1.165) is 0 Å². The first kappa shape index (κ1) is 13.2. The van der Waals surface area contributed by atoms with Gasteiger partial charge in [-0.25, -0.2) is 0 Å². The fourth-order valence-electron chi connectivity index (χ4n) is 3.84. The van der Waals surface area contributed by atoms with Gasteiger partial charge in [0, 0.05) is 35.9 Å². The highest BCUT2D eigenvalue weighted by Crippen LogP contribution is 2.37. The fraction of sp³-hybridized carbons (Fsp3) is 0.200. The molecule has 2 heteroatoms. The van der Waals surface area contributed by atoms with Gasteiger partial charge in [-0.05, 0) is 37.1 Å². The molecule has 110 valence electrons. The van der Waals surface area contributed by atoms with Crippen molar-refractivity contribution in [2.45, 2.75) is 13.8 Å². The molecule has 0 aliphatic rings. The summed E-state index contributed by atoms with van der Waals surface area (Å²) < 4.78 is 4.65. The van der Waals surface area contributed by atoms with Crippen LogP contribution in [0.15, 0.2) is 48.5 Å². The zero-order valence-electron chi connectivity index (χ0n) is 13.5. The lowest BCUT2D eigenvalue weighted by Gasteiger charge is -2.10. The van der Waals surface area contributed by atoms with Crippen LogP contribution in [0, 0.1) is 13.8 Å². The number of benzene rings is 2. The van der Waals surface area contributed by atoms with Gasteiger partial charge in [0.15, 0.2) is 0 Å². The van der Waals surface area contributed by atoms with Gasteiger partial charge in [-0.1, -0.05) is 36.4 Å². The van der Waals surface area contributed by atoms with Crippen molar-refractivity contribution >= 4 is 21.8 Å². The van der Waals surface area contributed by atoms with Gasteiger partial charge in [0.2, 0.25) is 0 Å². The van der Waals surface area contributed by atoms with Gasteiger partial charge in [0.1, 0.15) is 0 Å². The Morgan fingerprint density at radius 2 is 0.955 bits per heavy atom. The second-order valence-corrected chi connectivity index (χ2v) is 6.10. The van der Waals surface area contributed by atoms with E-state index in [2.05, 4.69) is 85.6 Å². The van der Waals surface area contributed by atoms with Crippen molar-refractivity contribution in [1.82, 2.24) is 9.13 Å². The predicted molar refractivity (Wildman–Crippen MR) is 94.3 cm³/mol. The maximum atomic E-state index is 2.33. The van der Waals surface area contributed by atoms with Crippen LogP contribution in [0.3, 0.4) is 0 Å². The molecule has 0 unspecified atom stereocenters. The highest BCUT2D eigenvalue weighted by atomic mass is 15.0. The SMILES string of the molecule is Cc1c(-c2c(C)c3ccccc3n2C)n(C)c2ccccc12. The number of nitrogens with zero attached hydrogens (tertiary/aromatic N) is 2. The Morgan fingerprint density at radius 3 is 1.32 bits per heavy atom. The molecule has 0 spiro atoms. The first-order valence-electron chi connectivity index (χ1n) is 7.69. The normalized spacial score (nSPS) is 11.6. The van der Waals surface area contributed by atoms with E-state index < -0.39 is 0 Å². The maximum absolute atomic E-state index is 2.33. The Hall–Kier alpha value is -2.48. The van der Waals surface area contributed by atoms with Crippen LogP contribution in [0.4, 0.5) is 0 Å². The molecule has 0 radical (unpaired) electrons. The zero-order chi connectivity index (χ0) is 15.4. The van der Waals surface area contributed by atoms with Crippen molar-refractivity contribution in [3.63, 3.8) is 0 Å². The summed E-state index contributed by atoms with van der Waals surface area (Å²) in [5.74, 6) is 0. The molecule has 4 aromatic rings. The largest absolute Gasteiger partial charge is 0.342 e. The van der Waals surface area contributed by atoms with Crippen LogP contribution in [0.2, 0.25) is 0 Å². The number of para-hydroxylation sites is 2. The summed E-state index contributed by atoms with van der Waals surface area (Å²) >= 11 is 0. The first-order chi connectivity index (χ1) is 10.6. The van der Waals surface area contributed by atoms with Crippen molar-refractivity contribution in [1.29, 1.82) is 0 Å². The lowest BCUT2D eigenvalue weighted by molar-refractivity contribution is 0.916. The Kier molecular flexibility index (Phi) is 2.70. The Labute approximate surface area is 130 Å². The number of aromatic nitrogens is 2. The highest BCUT2D eigenvalue weighted by molar-refractivity contribution is 5.96. The topological polar surface area (TPSA) is 9.86 Å². The van der Waals surface area contributed by atoms with E-state index >= 15 is 0 Å². The lowest BCUT2D eigenvalue weighted by Crippen LogP contribution is -1.99. The molecule has 0 aliphatic carbocycles. The van der Waals surface area contributed by atoms with Crippen LogP contribution in [-0.4, -0.2) is 9.13 Å².